The average molecular weight is 354 g/mol. The molecule has 0 aliphatic carbocycles. The summed E-state index contributed by atoms with van der Waals surface area (Å²) in [6, 6.07) is 14.1. The van der Waals surface area contributed by atoms with E-state index in [0.717, 1.165) is 25.9 Å². The van der Waals surface area contributed by atoms with Crippen LogP contribution in [0.5, 0.6) is 11.5 Å². The van der Waals surface area contributed by atoms with Crippen molar-refractivity contribution in [2.45, 2.75) is 12.8 Å². The van der Waals surface area contributed by atoms with Gasteiger partial charge in [0.15, 0.2) is 18.1 Å². The zero-order valence-electron chi connectivity index (χ0n) is 14.7. The van der Waals surface area contributed by atoms with Gasteiger partial charge in [0, 0.05) is 24.3 Å². The maximum absolute atomic E-state index is 12.4. The molecule has 26 heavy (non-hydrogen) atoms. The minimum Gasteiger partial charge on any atom is -0.493 e. The maximum atomic E-state index is 12.4. The van der Waals surface area contributed by atoms with Gasteiger partial charge in [0.1, 0.15) is 0 Å². The minimum atomic E-state index is -0.304. The highest BCUT2D eigenvalue weighted by Crippen LogP contribution is 2.25. The number of amides is 2. The fraction of sp³-hybridized carbons (Fsp3) is 0.300. The summed E-state index contributed by atoms with van der Waals surface area (Å²) in [6.45, 7) is 1.44. The number of rotatable bonds is 6. The van der Waals surface area contributed by atoms with Gasteiger partial charge in [-0.3, -0.25) is 9.59 Å². The number of ether oxygens (including phenoxy) is 2. The molecule has 2 aromatic carbocycles. The Morgan fingerprint density at radius 1 is 1.04 bits per heavy atom. The van der Waals surface area contributed by atoms with E-state index in [-0.39, 0.29) is 18.4 Å². The van der Waals surface area contributed by atoms with E-state index in [1.165, 1.54) is 0 Å². The van der Waals surface area contributed by atoms with Crippen molar-refractivity contribution in [2.24, 2.45) is 0 Å². The number of methoxy groups -OCH3 is 1. The molecule has 1 aliphatic rings. The molecule has 6 heteroatoms. The third kappa shape index (κ3) is 4.33. The zero-order valence-corrected chi connectivity index (χ0v) is 14.7. The number of anilines is 1. The normalized spacial score (nSPS) is 13.3. The highest BCUT2D eigenvalue weighted by atomic mass is 16.5. The number of hydrogen-bond donors (Lipinski definition) is 1. The number of carbonyl (C=O) groups is 2. The average Bonchev–Trinajstić information content (AvgIpc) is 3.21. The third-order valence-electron chi connectivity index (χ3n) is 4.21. The van der Waals surface area contributed by atoms with Crippen molar-refractivity contribution in [3.63, 3.8) is 0 Å². The van der Waals surface area contributed by atoms with Crippen LogP contribution in [0.2, 0.25) is 0 Å². The van der Waals surface area contributed by atoms with E-state index in [0.29, 0.717) is 22.7 Å². The highest BCUT2D eigenvalue weighted by molar-refractivity contribution is 5.97. The first kappa shape index (κ1) is 17.8. The van der Waals surface area contributed by atoms with Crippen molar-refractivity contribution in [3.8, 4) is 11.5 Å². The Labute approximate surface area is 152 Å². The quantitative estimate of drug-likeness (QED) is 0.866. The fourth-order valence-corrected chi connectivity index (χ4v) is 2.91. The maximum Gasteiger partial charge on any atom is 0.262 e. The van der Waals surface area contributed by atoms with Crippen molar-refractivity contribution < 1.29 is 19.1 Å². The van der Waals surface area contributed by atoms with E-state index in [1.54, 1.807) is 43.5 Å². The predicted molar refractivity (Wildman–Crippen MR) is 98.7 cm³/mol. The van der Waals surface area contributed by atoms with Gasteiger partial charge < -0.3 is 19.7 Å². The molecule has 1 aliphatic heterocycles. The van der Waals surface area contributed by atoms with Gasteiger partial charge in [-0.25, -0.2) is 0 Å². The van der Waals surface area contributed by atoms with Gasteiger partial charge in [-0.05, 0) is 43.2 Å². The number of likely N-dealkylation sites (tertiary alicyclic amines) is 1. The van der Waals surface area contributed by atoms with E-state index in [2.05, 4.69) is 5.32 Å². The molecule has 0 bridgehead atoms. The largest absolute Gasteiger partial charge is 0.493 e. The second kappa shape index (κ2) is 8.38. The topological polar surface area (TPSA) is 67.9 Å². The van der Waals surface area contributed by atoms with E-state index < -0.39 is 0 Å². The van der Waals surface area contributed by atoms with Gasteiger partial charge in [0.2, 0.25) is 0 Å². The van der Waals surface area contributed by atoms with Crippen molar-refractivity contribution in [1.29, 1.82) is 0 Å². The first-order chi connectivity index (χ1) is 12.7. The molecule has 3 rings (SSSR count). The van der Waals surface area contributed by atoms with E-state index >= 15 is 0 Å². The molecule has 0 atom stereocenters. The summed E-state index contributed by atoms with van der Waals surface area (Å²) in [5, 5.41) is 2.76. The van der Waals surface area contributed by atoms with Crippen LogP contribution < -0.4 is 14.8 Å². The SMILES string of the molecule is COc1ccccc1OCC(=O)Nc1cccc(C(=O)N2CCCC2)c1. The lowest BCUT2D eigenvalue weighted by Crippen LogP contribution is -2.27. The van der Waals surface area contributed by atoms with Crippen LogP contribution in [0.1, 0.15) is 23.2 Å². The molecule has 6 nitrogen and oxygen atoms in total. The Bertz CT molecular complexity index is 785. The lowest BCUT2D eigenvalue weighted by molar-refractivity contribution is -0.118. The van der Waals surface area contributed by atoms with Crippen LogP contribution in [0, 0.1) is 0 Å². The Balaban J connectivity index is 1.59. The summed E-state index contributed by atoms with van der Waals surface area (Å²) in [7, 11) is 1.55. The molecule has 2 amide bonds. The lowest BCUT2D eigenvalue weighted by atomic mass is 10.1. The van der Waals surface area contributed by atoms with Gasteiger partial charge in [0.05, 0.1) is 7.11 Å². The van der Waals surface area contributed by atoms with E-state index in [9.17, 15) is 9.59 Å². The summed E-state index contributed by atoms with van der Waals surface area (Å²) in [4.78, 5) is 26.4. The number of hydrogen-bond acceptors (Lipinski definition) is 4. The van der Waals surface area contributed by atoms with Gasteiger partial charge in [-0.2, -0.15) is 0 Å². The van der Waals surface area contributed by atoms with Crippen molar-refractivity contribution >= 4 is 17.5 Å². The summed E-state index contributed by atoms with van der Waals surface area (Å²) in [5.41, 5.74) is 1.15. The molecule has 0 aromatic heterocycles. The van der Waals surface area contributed by atoms with E-state index in [1.807, 2.05) is 17.0 Å². The molecule has 1 N–H and O–H groups in total. The number of carbonyl (C=O) groups excluding carboxylic acids is 2. The number of nitrogens with one attached hydrogen (secondary N) is 1. The molecule has 136 valence electrons. The molecular formula is C20H22N2O4. The number of para-hydroxylation sites is 2. The highest BCUT2D eigenvalue weighted by Gasteiger charge is 2.19. The van der Waals surface area contributed by atoms with Crippen LogP contribution in [0.25, 0.3) is 0 Å². The van der Waals surface area contributed by atoms with Crippen LogP contribution in [0.15, 0.2) is 48.5 Å². The first-order valence-corrected chi connectivity index (χ1v) is 8.62. The van der Waals surface area contributed by atoms with Crippen molar-refractivity contribution in [3.05, 3.63) is 54.1 Å². The van der Waals surface area contributed by atoms with Crippen molar-refractivity contribution in [1.82, 2.24) is 4.90 Å². The van der Waals surface area contributed by atoms with Crippen LogP contribution in [0.4, 0.5) is 5.69 Å². The summed E-state index contributed by atoms with van der Waals surface area (Å²) in [6.07, 6.45) is 2.09. The number of benzene rings is 2. The standard InChI is InChI=1S/C20H22N2O4/c1-25-17-9-2-3-10-18(17)26-14-19(23)21-16-8-6-7-15(13-16)20(24)22-11-4-5-12-22/h2-3,6-10,13H,4-5,11-12,14H2,1H3,(H,21,23). The monoisotopic (exact) mass is 354 g/mol. The fourth-order valence-electron chi connectivity index (χ4n) is 2.91. The predicted octanol–water partition coefficient (Wildman–Crippen LogP) is 2.95. The van der Waals surface area contributed by atoms with Crippen LogP contribution >= 0.6 is 0 Å². The van der Waals surface area contributed by atoms with Crippen LogP contribution in [0.3, 0.4) is 0 Å². The lowest BCUT2D eigenvalue weighted by Gasteiger charge is -2.16. The molecule has 2 aromatic rings. The smallest absolute Gasteiger partial charge is 0.262 e. The third-order valence-corrected chi connectivity index (χ3v) is 4.21. The minimum absolute atomic E-state index is 0.00358. The molecule has 0 unspecified atom stereocenters. The Morgan fingerprint density at radius 2 is 1.77 bits per heavy atom. The van der Waals surface area contributed by atoms with Gasteiger partial charge in [-0.15, -0.1) is 0 Å². The Kier molecular flexibility index (Phi) is 5.73. The molecular weight excluding hydrogens is 332 g/mol. The summed E-state index contributed by atoms with van der Waals surface area (Å²) >= 11 is 0. The second-order valence-electron chi connectivity index (χ2n) is 6.07. The van der Waals surface area contributed by atoms with E-state index in [4.69, 9.17) is 9.47 Å². The zero-order chi connectivity index (χ0) is 18.4. The Morgan fingerprint density at radius 3 is 2.50 bits per heavy atom. The first-order valence-electron chi connectivity index (χ1n) is 8.62. The summed E-state index contributed by atoms with van der Waals surface area (Å²) in [5.74, 6) is 0.771. The molecule has 0 spiro atoms. The van der Waals surface area contributed by atoms with Crippen molar-refractivity contribution in [2.75, 3.05) is 32.1 Å². The summed E-state index contributed by atoms with van der Waals surface area (Å²) < 4.78 is 10.7. The van der Waals surface area contributed by atoms with Gasteiger partial charge in [-0.1, -0.05) is 18.2 Å². The number of nitrogens with zero attached hydrogens (tertiary/aromatic N) is 1. The Hall–Kier alpha value is -3.02. The second-order valence-corrected chi connectivity index (χ2v) is 6.07. The molecule has 1 saturated heterocycles. The molecule has 0 radical (unpaired) electrons. The molecule has 0 saturated carbocycles. The molecule has 1 heterocycles. The van der Waals surface area contributed by atoms with Crippen LogP contribution in [-0.4, -0.2) is 43.5 Å². The molecule has 1 fully saturated rings. The van der Waals surface area contributed by atoms with Crippen LogP contribution in [-0.2, 0) is 4.79 Å². The van der Waals surface area contributed by atoms with Gasteiger partial charge in [0.25, 0.3) is 11.8 Å². The van der Waals surface area contributed by atoms with Gasteiger partial charge >= 0.3 is 0 Å².